The summed E-state index contributed by atoms with van der Waals surface area (Å²) in [6.45, 7) is 0.521. The Bertz CT molecular complexity index is 332. The van der Waals surface area contributed by atoms with E-state index in [0.29, 0.717) is 6.54 Å². The number of carbonyl (C=O) groups is 1. The molecule has 0 saturated heterocycles. The van der Waals surface area contributed by atoms with Crippen molar-refractivity contribution in [2.75, 3.05) is 11.9 Å². The Morgan fingerprint density at radius 2 is 2.07 bits per heavy atom. The zero-order valence-electron chi connectivity index (χ0n) is 7.40. The van der Waals surface area contributed by atoms with E-state index in [4.69, 9.17) is 5.11 Å². The molecule has 0 bridgehead atoms. The molecular weight excluding hydrogens is 293 g/mol. The van der Waals surface area contributed by atoms with Gasteiger partial charge in [0.15, 0.2) is 0 Å². The van der Waals surface area contributed by atoms with Gasteiger partial charge in [0.2, 0.25) is 0 Å². The fourth-order valence-electron chi connectivity index (χ4n) is 0.904. The Balaban J connectivity index is 2.39. The summed E-state index contributed by atoms with van der Waals surface area (Å²) in [4.78, 5) is 10.1. The summed E-state index contributed by atoms with van der Waals surface area (Å²) in [7, 11) is 0. The van der Waals surface area contributed by atoms with Gasteiger partial charge in [0, 0.05) is 21.9 Å². The SMILES string of the molecule is O=C(O)/C=C/CNc1ccc(I)cc1. The number of nitrogens with one attached hydrogen (secondary N) is 1. The van der Waals surface area contributed by atoms with Gasteiger partial charge in [0.05, 0.1) is 0 Å². The summed E-state index contributed by atoms with van der Waals surface area (Å²) in [5.41, 5.74) is 0.987. The zero-order chi connectivity index (χ0) is 10.4. The summed E-state index contributed by atoms with van der Waals surface area (Å²) < 4.78 is 1.18. The third kappa shape index (κ3) is 4.27. The summed E-state index contributed by atoms with van der Waals surface area (Å²) in [6.07, 6.45) is 2.69. The molecule has 1 aromatic carbocycles. The minimum atomic E-state index is -0.922. The smallest absolute Gasteiger partial charge is 0.328 e. The molecule has 0 aliphatic rings. The Hall–Kier alpha value is -1.04. The zero-order valence-corrected chi connectivity index (χ0v) is 9.56. The minimum Gasteiger partial charge on any atom is -0.478 e. The first-order chi connectivity index (χ1) is 6.68. The molecule has 4 heteroatoms. The molecule has 0 unspecified atom stereocenters. The van der Waals surface area contributed by atoms with E-state index in [1.807, 2.05) is 24.3 Å². The molecule has 0 heterocycles. The van der Waals surface area contributed by atoms with Crippen molar-refractivity contribution in [3.8, 4) is 0 Å². The van der Waals surface area contributed by atoms with Gasteiger partial charge in [0.1, 0.15) is 0 Å². The topological polar surface area (TPSA) is 49.3 Å². The van der Waals surface area contributed by atoms with Gasteiger partial charge >= 0.3 is 5.97 Å². The molecule has 0 aromatic heterocycles. The summed E-state index contributed by atoms with van der Waals surface area (Å²) in [6, 6.07) is 7.89. The number of halogens is 1. The fourth-order valence-corrected chi connectivity index (χ4v) is 1.26. The largest absolute Gasteiger partial charge is 0.478 e. The third-order valence-electron chi connectivity index (χ3n) is 1.53. The standard InChI is InChI=1S/C10H10INO2/c11-8-3-5-9(6-4-8)12-7-1-2-10(13)14/h1-6,12H,7H2,(H,13,14)/b2-1+. The molecular formula is C10H10INO2. The molecule has 0 aliphatic heterocycles. The van der Waals surface area contributed by atoms with Crippen molar-refractivity contribution in [3.05, 3.63) is 40.0 Å². The van der Waals surface area contributed by atoms with E-state index in [9.17, 15) is 4.79 Å². The maximum Gasteiger partial charge on any atom is 0.328 e. The van der Waals surface area contributed by atoms with Crippen LogP contribution < -0.4 is 5.32 Å². The second-order valence-electron chi connectivity index (χ2n) is 2.63. The monoisotopic (exact) mass is 303 g/mol. The molecule has 0 amide bonds. The summed E-state index contributed by atoms with van der Waals surface area (Å²) >= 11 is 2.23. The lowest BCUT2D eigenvalue weighted by atomic mass is 10.3. The van der Waals surface area contributed by atoms with E-state index in [0.717, 1.165) is 11.8 Å². The lowest BCUT2D eigenvalue weighted by molar-refractivity contribution is -0.131. The number of aliphatic carboxylic acids is 1. The Morgan fingerprint density at radius 1 is 1.43 bits per heavy atom. The van der Waals surface area contributed by atoms with Gasteiger partial charge in [0.25, 0.3) is 0 Å². The average molecular weight is 303 g/mol. The lowest BCUT2D eigenvalue weighted by Crippen LogP contribution is -1.99. The maximum atomic E-state index is 10.1. The van der Waals surface area contributed by atoms with Gasteiger partial charge in [-0.1, -0.05) is 6.08 Å². The van der Waals surface area contributed by atoms with Gasteiger partial charge in [-0.15, -0.1) is 0 Å². The second-order valence-corrected chi connectivity index (χ2v) is 3.87. The van der Waals surface area contributed by atoms with Crippen molar-refractivity contribution in [3.63, 3.8) is 0 Å². The molecule has 0 spiro atoms. The molecule has 0 radical (unpaired) electrons. The van der Waals surface area contributed by atoms with E-state index in [1.54, 1.807) is 6.08 Å². The first-order valence-corrected chi connectivity index (χ1v) is 5.15. The molecule has 1 aromatic rings. The van der Waals surface area contributed by atoms with Crippen molar-refractivity contribution in [2.24, 2.45) is 0 Å². The van der Waals surface area contributed by atoms with Crippen molar-refractivity contribution in [2.45, 2.75) is 0 Å². The normalized spacial score (nSPS) is 10.4. The number of anilines is 1. The van der Waals surface area contributed by atoms with Crippen LogP contribution in [0.4, 0.5) is 5.69 Å². The van der Waals surface area contributed by atoms with Crippen molar-refractivity contribution >= 4 is 34.2 Å². The second kappa shape index (κ2) is 5.64. The van der Waals surface area contributed by atoms with Crippen molar-refractivity contribution in [1.29, 1.82) is 0 Å². The third-order valence-corrected chi connectivity index (χ3v) is 2.25. The highest BCUT2D eigenvalue weighted by Gasteiger charge is 1.89. The van der Waals surface area contributed by atoms with Crippen LogP contribution in [-0.2, 0) is 4.79 Å². The Morgan fingerprint density at radius 3 is 2.64 bits per heavy atom. The van der Waals surface area contributed by atoms with Gasteiger partial charge in [-0.05, 0) is 46.9 Å². The number of hydrogen-bond donors (Lipinski definition) is 2. The quantitative estimate of drug-likeness (QED) is 0.663. The van der Waals surface area contributed by atoms with Gasteiger partial charge in [-0.3, -0.25) is 0 Å². The van der Waals surface area contributed by atoms with Crippen LogP contribution in [0.1, 0.15) is 0 Å². The maximum absolute atomic E-state index is 10.1. The van der Waals surface area contributed by atoms with Crippen LogP contribution in [0.5, 0.6) is 0 Å². The van der Waals surface area contributed by atoms with Crippen LogP contribution in [0.15, 0.2) is 36.4 Å². The molecule has 1 rings (SSSR count). The molecule has 74 valence electrons. The van der Waals surface area contributed by atoms with Gasteiger partial charge in [-0.25, -0.2) is 4.79 Å². The first kappa shape index (κ1) is 11.0. The number of rotatable bonds is 4. The van der Waals surface area contributed by atoms with E-state index in [1.165, 1.54) is 3.57 Å². The highest BCUT2D eigenvalue weighted by molar-refractivity contribution is 14.1. The number of benzene rings is 1. The highest BCUT2D eigenvalue weighted by Crippen LogP contribution is 2.10. The summed E-state index contributed by atoms with van der Waals surface area (Å²) in [5, 5.41) is 11.4. The van der Waals surface area contributed by atoms with Crippen LogP contribution in [0, 0.1) is 3.57 Å². The number of carboxylic acids is 1. The van der Waals surface area contributed by atoms with Crippen LogP contribution in [-0.4, -0.2) is 17.6 Å². The number of carboxylic acid groups (broad SMARTS) is 1. The molecule has 0 aliphatic carbocycles. The Labute approximate surface area is 96.0 Å². The van der Waals surface area contributed by atoms with Crippen LogP contribution in [0.3, 0.4) is 0 Å². The number of hydrogen-bond acceptors (Lipinski definition) is 2. The van der Waals surface area contributed by atoms with Crippen LogP contribution in [0.25, 0.3) is 0 Å². The molecule has 14 heavy (non-hydrogen) atoms. The molecule has 0 saturated carbocycles. The van der Waals surface area contributed by atoms with Gasteiger partial charge in [-0.2, -0.15) is 0 Å². The van der Waals surface area contributed by atoms with E-state index >= 15 is 0 Å². The first-order valence-electron chi connectivity index (χ1n) is 4.07. The molecule has 0 atom stereocenters. The van der Waals surface area contributed by atoms with Crippen molar-refractivity contribution < 1.29 is 9.90 Å². The fraction of sp³-hybridized carbons (Fsp3) is 0.100. The predicted octanol–water partition coefficient (Wildman–Crippen LogP) is 2.34. The van der Waals surface area contributed by atoms with Crippen LogP contribution >= 0.6 is 22.6 Å². The molecule has 0 fully saturated rings. The molecule has 2 N–H and O–H groups in total. The average Bonchev–Trinajstić information content (AvgIpc) is 2.15. The van der Waals surface area contributed by atoms with E-state index in [2.05, 4.69) is 27.9 Å². The Kier molecular flexibility index (Phi) is 4.45. The van der Waals surface area contributed by atoms with Crippen molar-refractivity contribution in [1.82, 2.24) is 0 Å². The molecule has 3 nitrogen and oxygen atoms in total. The van der Waals surface area contributed by atoms with Crippen LogP contribution in [0.2, 0.25) is 0 Å². The highest BCUT2D eigenvalue weighted by atomic mass is 127. The van der Waals surface area contributed by atoms with E-state index in [-0.39, 0.29) is 0 Å². The summed E-state index contributed by atoms with van der Waals surface area (Å²) in [5.74, 6) is -0.922. The van der Waals surface area contributed by atoms with Gasteiger partial charge < -0.3 is 10.4 Å². The minimum absolute atomic E-state index is 0.521. The predicted molar refractivity (Wildman–Crippen MR) is 64.4 cm³/mol. The lowest BCUT2D eigenvalue weighted by Gasteiger charge is -2.02. The van der Waals surface area contributed by atoms with E-state index < -0.39 is 5.97 Å².